The highest BCUT2D eigenvalue weighted by atomic mass is 16.3. The molecule has 0 aromatic heterocycles. The van der Waals surface area contributed by atoms with Gasteiger partial charge < -0.3 is 15.1 Å². The summed E-state index contributed by atoms with van der Waals surface area (Å²) in [7, 11) is 0. The third-order valence-electron chi connectivity index (χ3n) is 2.71. The number of carbonyl (C=O) groups is 1. The van der Waals surface area contributed by atoms with Crippen molar-refractivity contribution in [1.82, 2.24) is 4.90 Å². The fourth-order valence-electron chi connectivity index (χ4n) is 1.89. The first-order chi connectivity index (χ1) is 6.79. The van der Waals surface area contributed by atoms with E-state index in [0.29, 0.717) is 12.8 Å². The lowest BCUT2D eigenvalue weighted by molar-refractivity contribution is -0.132. The molecule has 0 bridgehead atoms. The summed E-state index contributed by atoms with van der Waals surface area (Å²) in [5.41, 5.74) is 0. The van der Waals surface area contributed by atoms with E-state index in [2.05, 4.69) is 0 Å². The van der Waals surface area contributed by atoms with Gasteiger partial charge in [-0.3, -0.25) is 4.79 Å². The standard InChI is InChI=1S/C10H19NO3/c12-7-2-1-5-10(14)11-6-3-4-9(11)8-13/h9,12-13H,1-8H2. The van der Waals surface area contributed by atoms with Crippen molar-refractivity contribution in [3.05, 3.63) is 0 Å². The van der Waals surface area contributed by atoms with Crippen molar-refractivity contribution < 1.29 is 15.0 Å². The van der Waals surface area contributed by atoms with E-state index < -0.39 is 0 Å². The molecule has 0 aliphatic carbocycles. The monoisotopic (exact) mass is 201 g/mol. The van der Waals surface area contributed by atoms with Gasteiger partial charge in [0.2, 0.25) is 5.91 Å². The lowest BCUT2D eigenvalue weighted by Crippen LogP contribution is -2.37. The molecule has 0 radical (unpaired) electrons. The summed E-state index contributed by atoms with van der Waals surface area (Å²) < 4.78 is 0. The zero-order valence-corrected chi connectivity index (χ0v) is 8.48. The van der Waals surface area contributed by atoms with Gasteiger partial charge in [-0.2, -0.15) is 0 Å². The Morgan fingerprint density at radius 2 is 2.14 bits per heavy atom. The minimum Gasteiger partial charge on any atom is -0.396 e. The van der Waals surface area contributed by atoms with Crippen LogP contribution in [0, 0.1) is 0 Å². The molecule has 1 aliphatic rings. The topological polar surface area (TPSA) is 60.8 Å². The van der Waals surface area contributed by atoms with Crippen LogP contribution in [0.3, 0.4) is 0 Å². The molecule has 0 aromatic rings. The lowest BCUT2D eigenvalue weighted by Gasteiger charge is -2.22. The molecule has 2 N–H and O–H groups in total. The van der Waals surface area contributed by atoms with Gasteiger partial charge >= 0.3 is 0 Å². The number of unbranched alkanes of at least 4 members (excludes halogenated alkanes) is 1. The number of nitrogens with zero attached hydrogens (tertiary/aromatic N) is 1. The minimum atomic E-state index is 0.0385. The summed E-state index contributed by atoms with van der Waals surface area (Å²) in [6.07, 6.45) is 3.84. The second-order valence-corrected chi connectivity index (χ2v) is 3.75. The van der Waals surface area contributed by atoms with E-state index in [1.165, 1.54) is 0 Å². The van der Waals surface area contributed by atoms with Crippen LogP contribution in [0.25, 0.3) is 0 Å². The Labute approximate surface area is 84.5 Å². The zero-order chi connectivity index (χ0) is 10.4. The van der Waals surface area contributed by atoms with Gasteiger partial charge in [0.05, 0.1) is 12.6 Å². The highest BCUT2D eigenvalue weighted by Crippen LogP contribution is 2.18. The van der Waals surface area contributed by atoms with Gasteiger partial charge in [-0.05, 0) is 25.7 Å². The number of rotatable bonds is 5. The third kappa shape index (κ3) is 2.96. The van der Waals surface area contributed by atoms with Crippen molar-refractivity contribution in [1.29, 1.82) is 0 Å². The Kier molecular flexibility index (Phi) is 4.90. The maximum Gasteiger partial charge on any atom is 0.222 e. The fraction of sp³-hybridized carbons (Fsp3) is 0.900. The van der Waals surface area contributed by atoms with Crippen LogP contribution in [-0.2, 0) is 4.79 Å². The number of carbonyl (C=O) groups excluding carboxylic acids is 1. The van der Waals surface area contributed by atoms with E-state index >= 15 is 0 Å². The number of hydrogen-bond acceptors (Lipinski definition) is 3. The molecular weight excluding hydrogens is 182 g/mol. The van der Waals surface area contributed by atoms with Crippen molar-refractivity contribution in [2.75, 3.05) is 19.8 Å². The van der Waals surface area contributed by atoms with E-state index in [0.717, 1.165) is 25.8 Å². The molecule has 4 heteroatoms. The van der Waals surface area contributed by atoms with E-state index in [9.17, 15) is 4.79 Å². The van der Waals surface area contributed by atoms with Gasteiger partial charge in [0, 0.05) is 19.6 Å². The first-order valence-corrected chi connectivity index (χ1v) is 5.30. The summed E-state index contributed by atoms with van der Waals surface area (Å²) in [5.74, 6) is 0.120. The average Bonchev–Trinajstić information content (AvgIpc) is 2.65. The molecule has 4 nitrogen and oxygen atoms in total. The SMILES string of the molecule is O=C(CCCCO)N1CCCC1CO. The highest BCUT2D eigenvalue weighted by molar-refractivity contribution is 5.76. The largest absolute Gasteiger partial charge is 0.396 e. The maximum absolute atomic E-state index is 11.6. The first-order valence-electron chi connectivity index (χ1n) is 5.30. The smallest absolute Gasteiger partial charge is 0.222 e. The third-order valence-corrected chi connectivity index (χ3v) is 2.71. The molecule has 1 aliphatic heterocycles. The van der Waals surface area contributed by atoms with Crippen molar-refractivity contribution >= 4 is 5.91 Å². The second-order valence-electron chi connectivity index (χ2n) is 3.75. The Morgan fingerprint density at radius 3 is 2.79 bits per heavy atom. The normalized spacial score (nSPS) is 21.6. The summed E-state index contributed by atoms with van der Waals surface area (Å²) in [4.78, 5) is 13.4. The molecule has 14 heavy (non-hydrogen) atoms. The lowest BCUT2D eigenvalue weighted by atomic mass is 10.2. The molecule has 0 aromatic carbocycles. The van der Waals surface area contributed by atoms with Crippen LogP contribution in [0.2, 0.25) is 0 Å². The number of likely N-dealkylation sites (tertiary alicyclic amines) is 1. The second kappa shape index (κ2) is 5.98. The molecule has 0 spiro atoms. The average molecular weight is 201 g/mol. The Morgan fingerprint density at radius 1 is 1.36 bits per heavy atom. The number of aliphatic hydroxyl groups is 2. The molecule has 1 saturated heterocycles. The van der Waals surface area contributed by atoms with E-state index in [1.807, 2.05) is 0 Å². The predicted molar refractivity (Wildman–Crippen MR) is 52.8 cm³/mol. The van der Waals surface area contributed by atoms with Crippen molar-refractivity contribution in [3.8, 4) is 0 Å². The van der Waals surface area contributed by atoms with Gasteiger partial charge in [0.25, 0.3) is 0 Å². The minimum absolute atomic E-state index is 0.0385. The molecule has 1 rings (SSSR count). The summed E-state index contributed by atoms with van der Waals surface area (Å²) in [6.45, 7) is 1.01. The van der Waals surface area contributed by atoms with Crippen molar-refractivity contribution in [2.24, 2.45) is 0 Å². The van der Waals surface area contributed by atoms with Crippen LogP contribution < -0.4 is 0 Å². The van der Waals surface area contributed by atoms with Crippen LogP contribution in [0.5, 0.6) is 0 Å². The van der Waals surface area contributed by atoms with E-state index in [1.54, 1.807) is 4.90 Å². The zero-order valence-electron chi connectivity index (χ0n) is 8.48. The van der Waals surface area contributed by atoms with Gasteiger partial charge in [0.15, 0.2) is 0 Å². The summed E-state index contributed by atoms with van der Waals surface area (Å²) >= 11 is 0. The quantitative estimate of drug-likeness (QED) is 0.622. The van der Waals surface area contributed by atoms with Gasteiger partial charge in [-0.25, -0.2) is 0 Å². The Bertz CT molecular complexity index is 184. The van der Waals surface area contributed by atoms with Crippen molar-refractivity contribution in [3.63, 3.8) is 0 Å². The molecule has 0 saturated carbocycles. The van der Waals surface area contributed by atoms with Gasteiger partial charge in [-0.1, -0.05) is 0 Å². The molecular formula is C10H19NO3. The van der Waals surface area contributed by atoms with Gasteiger partial charge in [-0.15, -0.1) is 0 Å². The molecule has 82 valence electrons. The van der Waals surface area contributed by atoms with Crippen LogP contribution in [-0.4, -0.2) is 46.8 Å². The van der Waals surface area contributed by atoms with Crippen LogP contribution in [0.4, 0.5) is 0 Å². The number of aliphatic hydroxyl groups excluding tert-OH is 2. The van der Waals surface area contributed by atoms with Crippen LogP contribution in [0.1, 0.15) is 32.1 Å². The summed E-state index contributed by atoms with van der Waals surface area (Å²) in [6, 6.07) is 0.0385. The van der Waals surface area contributed by atoms with Crippen LogP contribution in [0.15, 0.2) is 0 Å². The number of amides is 1. The highest BCUT2D eigenvalue weighted by Gasteiger charge is 2.27. The molecule has 1 heterocycles. The van der Waals surface area contributed by atoms with E-state index in [-0.39, 0.29) is 25.2 Å². The predicted octanol–water partition coefficient (Wildman–Crippen LogP) is 0.132. The Hall–Kier alpha value is -0.610. The Balaban J connectivity index is 2.28. The number of hydrogen-bond donors (Lipinski definition) is 2. The first kappa shape index (κ1) is 11.5. The molecule has 1 unspecified atom stereocenters. The maximum atomic E-state index is 11.6. The van der Waals surface area contributed by atoms with Crippen molar-refractivity contribution in [2.45, 2.75) is 38.1 Å². The van der Waals surface area contributed by atoms with Gasteiger partial charge in [0.1, 0.15) is 0 Å². The van der Waals surface area contributed by atoms with E-state index in [4.69, 9.17) is 10.2 Å². The van der Waals surface area contributed by atoms with Crippen LogP contribution >= 0.6 is 0 Å². The summed E-state index contributed by atoms with van der Waals surface area (Å²) in [5, 5.41) is 17.6. The molecule has 1 fully saturated rings. The molecule has 1 amide bonds. The fourth-order valence-corrected chi connectivity index (χ4v) is 1.89. The molecule has 1 atom stereocenters.